The van der Waals surface area contributed by atoms with E-state index in [9.17, 15) is 0 Å². The zero-order valence-corrected chi connectivity index (χ0v) is 33.1. The van der Waals surface area contributed by atoms with Crippen molar-refractivity contribution in [2.24, 2.45) is 0 Å². The van der Waals surface area contributed by atoms with Crippen LogP contribution in [0.15, 0.2) is 229 Å². The van der Waals surface area contributed by atoms with E-state index in [0.717, 1.165) is 88.7 Å². The standard InChI is InChI=1S/C57H37N3O/c1-7-19-38(20-8-1)45-36-50(41-25-13-4-14-26-41)53-51(37-45)52-48(57-59-55(42-27-15-5-16-28-42)58-56(60-57)43-29-17-6-18-30-43)34-33-47(54(52)61-53)44-31-32-46(39-21-9-2-10-22-39)49(35-44)40-23-11-3-12-24-40/h1-37H. The lowest BCUT2D eigenvalue weighted by molar-refractivity contribution is 0.671. The molecule has 4 nitrogen and oxygen atoms in total. The Labute approximate surface area is 354 Å². The molecule has 0 bridgehead atoms. The largest absolute Gasteiger partial charge is 0.455 e. The highest BCUT2D eigenvalue weighted by Crippen LogP contribution is 2.47. The van der Waals surface area contributed by atoms with Gasteiger partial charge in [-0.3, -0.25) is 0 Å². The number of benzene rings is 9. The van der Waals surface area contributed by atoms with Crippen LogP contribution >= 0.6 is 0 Å². The monoisotopic (exact) mass is 779 g/mol. The molecule has 286 valence electrons. The first-order chi connectivity index (χ1) is 30.2. The van der Waals surface area contributed by atoms with Gasteiger partial charge in [-0.2, -0.15) is 0 Å². The minimum atomic E-state index is 0.572. The zero-order valence-electron chi connectivity index (χ0n) is 33.1. The Morgan fingerprint density at radius 1 is 0.246 bits per heavy atom. The fourth-order valence-corrected chi connectivity index (χ4v) is 8.39. The molecule has 4 heteroatoms. The van der Waals surface area contributed by atoms with Gasteiger partial charge in [-0.1, -0.05) is 194 Å². The molecule has 2 heterocycles. The van der Waals surface area contributed by atoms with Crippen LogP contribution < -0.4 is 0 Å². The summed E-state index contributed by atoms with van der Waals surface area (Å²) in [5, 5.41) is 1.93. The highest BCUT2D eigenvalue weighted by molar-refractivity contribution is 6.19. The molecule has 0 fully saturated rings. The van der Waals surface area contributed by atoms with E-state index in [1.165, 1.54) is 5.56 Å². The lowest BCUT2D eigenvalue weighted by atomic mass is 9.90. The molecule has 0 amide bonds. The van der Waals surface area contributed by atoms with Crippen LogP contribution in [0.1, 0.15) is 0 Å². The van der Waals surface area contributed by atoms with Gasteiger partial charge in [0.15, 0.2) is 17.5 Å². The topological polar surface area (TPSA) is 51.8 Å². The van der Waals surface area contributed by atoms with E-state index in [-0.39, 0.29) is 0 Å². The predicted molar refractivity (Wildman–Crippen MR) is 251 cm³/mol. The zero-order chi connectivity index (χ0) is 40.5. The second kappa shape index (κ2) is 15.5. The van der Waals surface area contributed by atoms with Crippen molar-refractivity contribution in [3.05, 3.63) is 224 Å². The van der Waals surface area contributed by atoms with Gasteiger partial charge >= 0.3 is 0 Å². The summed E-state index contributed by atoms with van der Waals surface area (Å²) < 4.78 is 7.30. The molecule has 11 rings (SSSR count). The summed E-state index contributed by atoms with van der Waals surface area (Å²) in [4.78, 5) is 15.5. The Hall–Kier alpha value is -8.21. The molecular formula is C57H37N3O. The number of nitrogens with zero attached hydrogens (tertiary/aromatic N) is 3. The van der Waals surface area contributed by atoms with Crippen LogP contribution in [0.3, 0.4) is 0 Å². The maximum absolute atomic E-state index is 7.30. The maximum Gasteiger partial charge on any atom is 0.164 e. The second-order valence-corrected chi connectivity index (χ2v) is 15.1. The van der Waals surface area contributed by atoms with Crippen molar-refractivity contribution in [1.82, 2.24) is 15.0 Å². The van der Waals surface area contributed by atoms with Gasteiger partial charge in [0.2, 0.25) is 0 Å². The number of aromatic nitrogens is 3. The Bertz CT molecular complexity index is 3260. The molecule has 0 aliphatic heterocycles. The van der Waals surface area contributed by atoms with Gasteiger partial charge in [-0.15, -0.1) is 0 Å². The number of hydrogen-bond acceptors (Lipinski definition) is 4. The molecule has 9 aromatic carbocycles. The fourth-order valence-electron chi connectivity index (χ4n) is 8.39. The number of rotatable bonds is 8. The third kappa shape index (κ3) is 6.76. The van der Waals surface area contributed by atoms with Crippen molar-refractivity contribution >= 4 is 21.9 Å². The van der Waals surface area contributed by atoms with Crippen LogP contribution in [0.2, 0.25) is 0 Å². The SMILES string of the molecule is c1ccc(-c2cc(-c3ccccc3)c3oc4c(-c5ccc(-c6ccccc6)c(-c6ccccc6)c5)ccc(-c5nc(-c6ccccc6)nc(-c6ccccc6)n5)c4c3c2)cc1. The Balaban J connectivity index is 1.23. The van der Waals surface area contributed by atoms with E-state index >= 15 is 0 Å². The van der Waals surface area contributed by atoms with E-state index in [1.54, 1.807) is 0 Å². The van der Waals surface area contributed by atoms with E-state index < -0.39 is 0 Å². The van der Waals surface area contributed by atoms with Gasteiger partial charge in [0.25, 0.3) is 0 Å². The highest BCUT2D eigenvalue weighted by Gasteiger charge is 2.24. The summed E-state index contributed by atoms with van der Waals surface area (Å²) in [7, 11) is 0. The van der Waals surface area contributed by atoms with Crippen molar-refractivity contribution in [2.45, 2.75) is 0 Å². The first-order valence-corrected chi connectivity index (χ1v) is 20.5. The smallest absolute Gasteiger partial charge is 0.164 e. The molecule has 0 aliphatic carbocycles. The molecule has 0 spiro atoms. The molecule has 0 aliphatic rings. The lowest BCUT2D eigenvalue weighted by Gasteiger charge is -2.14. The molecule has 0 saturated heterocycles. The third-order valence-corrected chi connectivity index (χ3v) is 11.4. The summed E-state index contributed by atoms with van der Waals surface area (Å²) in [6.07, 6.45) is 0. The molecule has 0 unspecified atom stereocenters. The average Bonchev–Trinajstić information content (AvgIpc) is 3.74. The van der Waals surface area contributed by atoms with E-state index in [1.807, 2.05) is 60.7 Å². The van der Waals surface area contributed by atoms with Crippen molar-refractivity contribution in [1.29, 1.82) is 0 Å². The van der Waals surface area contributed by atoms with E-state index in [2.05, 4.69) is 164 Å². The summed E-state index contributed by atoms with van der Waals surface area (Å²) >= 11 is 0. The molecule has 0 radical (unpaired) electrons. The molecule has 2 aromatic heterocycles. The summed E-state index contributed by atoms with van der Waals surface area (Å²) in [5.74, 6) is 1.78. The Morgan fingerprint density at radius 3 is 1.20 bits per heavy atom. The predicted octanol–water partition coefficient (Wildman–Crippen LogP) is 15.1. The van der Waals surface area contributed by atoms with Gasteiger partial charge in [0.1, 0.15) is 11.2 Å². The Morgan fingerprint density at radius 2 is 0.656 bits per heavy atom. The number of hydrogen-bond donors (Lipinski definition) is 0. The van der Waals surface area contributed by atoms with Gasteiger partial charge < -0.3 is 4.42 Å². The van der Waals surface area contributed by atoms with Crippen molar-refractivity contribution < 1.29 is 4.42 Å². The highest BCUT2D eigenvalue weighted by atomic mass is 16.3. The average molecular weight is 780 g/mol. The van der Waals surface area contributed by atoms with Gasteiger partial charge in [0, 0.05) is 38.6 Å². The summed E-state index contributed by atoms with van der Waals surface area (Å²) in [5.41, 5.74) is 15.2. The van der Waals surface area contributed by atoms with Crippen LogP contribution in [0.25, 0.3) is 112 Å². The summed E-state index contributed by atoms with van der Waals surface area (Å²) in [6.45, 7) is 0. The van der Waals surface area contributed by atoms with Gasteiger partial charge in [-0.05, 0) is 74.8 Å². The molecule has 11 aromatic rings. The maximum atomic E-state index is 7.30. The van der Waals surface area contributed by atoms with Crippen molar-refractivity contribution in [3.8, 4) is 89.8 Å². The van der Waals surface area contributed by atoms with Crippen LogP contribution in [0, 0.1) is 0 Å². The first-order valence-electron chi connectivity index (χ1n) is 20.5. The van der Waals surface area contributed by atoms with Crippen LogP contribution in [0.4, 0.5) is 0 Å². The van der Waals surface area contributed by atoms with E-state index in [4.69, 9.17) is 19.4 Å². The molecule has 0 N–H and O–H groups in total. The third-order valence-electron chi connectivity index (χ3n) is 11.4. The quantitative estimate of drug-likeness (QED) is 0.154. The van der Waals surface area contributed by atoms with Crippen LogP contribution in [-0.2, 0) is 0 Å². The van der Waals surface area contributed by atoms with Crippen LogP contribution in [-0.4, -0.2) is 15.0 Å². The minimum absolute atomic E-state index is 0.572. The van der Waals surface area contributed by atoms with E-state index in [0.29, 0.717) is 17.5 Å². The normalized spacial score (nSPS) is 11.3. The van der Waals surface area contributed by atoms with Crippen LogP contribution in [0.5, 0.6) is 0 Å². The molecular weight excluding hydrogens is 743 g/mol. The molecule has 0 saturated carbocycles. The number of fused-ring (bicyclic) bond motifs is 3. The molecule has 0 atom stereocenters. The molecule has 61 heavy (non-hydrogen) atoms. The van der Waals surface area contributed by atoms with Crippen molar-refractivity contribution in [2.75, 3.05) is 0 Å². The Kier molecular flexibility index (Phi) is 9.14. The summed E-state index contributed by atoms with van der Waals surface area (Å²) in [6, 6.07) is 78.1. The second-order valence-electron chi connectivity index (χ2n) is 15.1. The van der Waals surface area contributed by atoms with Gasteiger partial charge in [0.05, 0.1) is 0 Å². The fraction of sp³-hybridized carbons (Fsp3) is 0. The number of furan rings is 1. The minimum Gasteiger partial charge on any atom is -0.455 e. The first kappa shape index (κ1) is 35.9. The van der Waals surface area contributed by atoms with Gasteiger partial charge in [-0.25, -0.2) is 15.0 Å². The van der Waals surface area contributed by atoms with Crippen molar-refractivity contribution in [3.63, 3.8) is 0 Å². The lowest BCUT2D eigenvalue weighted by Crippen LogP contribution is -2.00.